The summed E-state index contributed by atoms with van der Waals surface area (Å²) in [7, 11) is 2.79. The maximum Gasteiger partial charge on any atom is 0.128 e. The summed E-state index contributed by atoms with van der Waals surface area (Å²) in [5.74, 6) is 1.55. The van der Waals surface area contributed by atoms with Gasteiger partial charge >= 0.3 is 0 Å². The largest absolute Gasteiger partial charge is 0.457 e. The minimum atomic E-state index is 0.772. The summed E-state index contributed by atoms with van der Waals surface area (Å²) in [6.45, 7) is 8.06. The summed E-state index contributed by atoms with van der Waals surface area (Å²) in [5, 5.41) is 5.83. The number of allylic oxidation sites excluding steroid dienone is 4. The highest BCUT2D eigenvalue weighted by molar-refractivity contribution is 7.27. The van der Waals surface area contributed by atoms with Crippen LogP contribution in [-0.2, 0) is 0 Å². The van der Waals surface area contributed by atoms with Gasteiger partial charge in [-0.1, -0.05) is 122 Å². The molecule has 7 rings (SSSR count). The van der Waals surface area contributed by atoms with Crippen LogP contribution in [-0.4, -0.2) is 0 Å². The molecule has 1 atom stereocenters. The Kier molecular flexibility index (Phi) is 8.52. The van der Waals surface area contributed by atoms with E-state index in [1.165, 1.54) is 27.1 Å². The molecule has 0 aromatic heterocycles. The van der Waals surface area contributed by atoms with Crippen molar-refractivity contribution >= 4 is 58.7 Å². The normalized spacial score (nSPS) is 11.4. The fourth-order valence-corrected chi connectivity index (χ4v) is 6.62. The van der Waals surface area contributed by atoms with E-state index < -0.39 is 0 Å². The van der Waals surface area contributed by atoms with E-state index in [0.29, 0.717) is 0 Å². The Morgan fingerprint density at radius 3 is 1.79 bits per heavy atom. The van der Waals surface area contributed by atoms with Crippen LogP contribution < -0.4 is 14.9 Å². The Labute approximate surface area is 278 Å². The number of fused-ring (bicyclic) bond motifs is 2. The van der Waals surface area contributed by atoms with Crippen LogP contribution in [0.4, 0.5) is 17.1 Å². The van der Waals surface area contributed by atoms with Crippen LogP contribution >= 0.6 is 9.24 Å². The molecular weight excluding hydrogens is 589 g/mol. The molecule has 0 N–H and O–H groups in total. The van der Waals surface area contributed by atoms with Crippen molar-refractivity contribution in [2.45, 2.75) is 0 Å². The second kappa shape index (κ2) is 13.3. The Bertz CT molecular complexity index is 2210. The maximum absolute atomic E-state index is 6.49. The van der Waals surface area contributed by atoms with Crippen LogP contribution in [0.15, 0.2) is 183 Å². The van der Waals surface area contributed by atoms with Gasteiger partial charge in [0.15, 0.2) is 0 Å². The van der Waals surface area contributed by atoms with Crippen LogP contribution in [0, 0.1) is 0 Å². The lowest BCUT2D eigenvalue weighted by atomic mass is 9.85. The molecule has 0 radical (unpaired) electrons. The van der Waals surface area contributed by atoms with Gasteiger partial charge in [-0.2, -0.15) is 0 Å². The van der Waals surface area contributed by atoms with Crippen molar-refractivity contribution in [3.63, 3.8) is 0 Å². The Morgan fingerprint density at radius 1 is 0.553 bits per heavy atom. The lowest BCUT2D eigenvalue weighted by Gasteiger charge is -2.26. The third kappa shape index (κ3) is 6.00. The maximum atomic E-state index is 6.49. The van der Waals surface area contributed by atoms with E-state index in [2.05, 4.69) is 155 Å². The van der Waals surface area contributed by atoms with E-state index >= 15 is 0 Å². The van der Waals surface area contributed by atoms with Crippen molar-refractivity contribution in [2.75, 3.05) is 4.90 Å². The monoisotopic (exact) mass is 623 g/mol. The van der Waals surface area contributed by atoms with Gasteiger partial charge in [-0.15, -0.1) is 9.24 Å². The lowest BCUT2D eigenvalue weighted by Crippen LogP contribution is -2.11. The van der Waals surface area contributed by atoms with Gasteiger partial charge in [-0.05, 0) is 110 Å². The molecule has 1 unspecified atom stereocenters. The molecule has 0 aliphatic carbocycles. The van der Waals surface area contributed by atoms with Gasteiger partial charge in [-0.25, -0.2) is 0 Å². The lowest BCUT2D eigenvalue weighted by molar-refractivity contribution is 0.483. The Hall–Kier alpha value is -5.69. The second-order valence-corrected chi connectivity index (χ2v) is 12.0. The average molecular weight is 624 g/mol. The number of nitrogens with zero attached hydrogens (tertiary/aromatic N) is 1. The summed E-state index contributed by atoms with van der Waals surface area (Å²) in [6, 6.07) is 52.7. The quantitative estimate of drug-likeness (QED) is 0.0901. The van der Waals surface area contributed by atoms with E-state index in [-0.39, 0.29) is 0 Å². The molecule has 0 aliphatic heterocycles. The van der Waals surface area contributed by atoms with E-state index in [1.807, 2.05) is 42.5 Å². The molecule has 0 amide bonds. The second-order valence-electron chi connectivity index (χ2n) is 11.3. The summed E-state index contributed by atoms with van der Waals surface area (Å²) < 4.78 is 6.49. The standard InChI is InChI=1S/C44H34NOP/c1-3-14-31(4-2)43-39-21-8-10-23-41(39)44(42-24-11-9-22-40(42)43)32-15-12-19-37(29-32)46-36-27-25-34(26-28-36)45(33-16-6-5-7-17-33)35-18-13-20-38(47)30-35/h3-30H,1-2,47H2/b31-14+. The number of anilines is 3. The number of ether oxygens (including phenoxy) is 1. The molecule has 2 nitrogen and oxygen atoms in total. The van der Waals surface area contributed by atoms with Crippen molar-refractivity contribution in [3.8, 4) is 22.6 Å². The Balaban J connectivity index is 1.27. The molecule has 0 fully saturated rings. The number of para-hydroxylation sites is 1. The number of rotatable bonds is 9. The topological polar surface area (TPSA) is 12.5 Å². The smallest absolute Gasteiger partial charge is 0.128 e. The fraction of sp³-hybridized carbons (Fsp3) is 0. The predicted molar refractivity (Wildman–Crippen MR) is 206 cm³/mol. The van der Waals surface area contributed by atoms with Crippen molar-refractivity contribution in [3.05, 3.63) is 189 Å². The molecule has 0 bridgehead atoms. The van der Waals surface area contributed by atoms with E-state index in [0.717, 1.165) is 50.6 Å². The summed E-state index contributed by atoms with van der Waals surface area (Å²) in [6.07, 6.45) is 5.76. The van der Waals surface area contributed by atoms with Crippen LogP contribution in [0.2, 0.25) is 0 Å². The highest BCUT2D eigenvalue weighted by Gasteiger charge is 2.17. The molecule has 0 saturated heterocycles. The molecule has 0 saturated carbocycles. The molecule has 0 spiro atoms. The zero-order valence-corrected chi connectivity index (χ0v) is 27.2. The van der Waals surface area contributed by atoms with E-state index in [4.69, 9.17) is 4.74 Å². The first-order chi connectivity index (χ1) is 23.1. The van der Waals surface area contributed by atoms with Crippen molar-refractivity contribution in [1.82, 2.24) is 0 Å². The van der Waals surface area contributed by atoms with Gasteiger partial charge in [0.05, 0.1) is 0 Å². The zero-order chi connectivity index (χ0) is 32.2. The average Bonchev–Trinajstić information content (AvgIpc) is 3.11. The van der Waals surface area contributed by atoms with Gasteiger partial charge in [0, 0.05) is 17.1 Å². The summed E-state index contributed by atoms with van der Waals surface area (Å²) >= 11 is 0. The molecule has 3 heteroatoms. The van der Waals surface area contributed by atoms with E-state index in [1.54, 1.807) is 0 Å². The van der Waals surface area contributed by atoms with Crippen molar-refractivity contribution in [2.24, 2.45) is 0 Å². The predicted octanol–water partition coefficient (Wildman–Crippen LogP) is 12.2. The van der Waals surface area contributed by atoms with Crippen LogP contribution in [0.5, 0.6) is 11.5 Å². The molecule has 0 aliphatic rings. The van der Waals surface area contributed by atoms with Crippen molar-refractivity contribution < 1.29 is 4.74 Å². The fourth-order valence-electron chi connectivity index (χ4n) is 6.33. The highest BCUT2D eigenvalue weighted by atomic mass is 31.0. The molecular formula is C44H34NOP. The first-order valence-electron chi connectivity index (χ1n) is 15.6. The van der Waals surface area contributed by atoms with Gasteiger partial charge in [0.1, 0.15) is 11.5 Å². The summed E-state index contributed by atoms with van der Waals surface area (Å²) in [5.41, 5.74) is 7.72. The molecule has 47 heavy (non-hydrogen) atoms. The SMILES string of the molecule is C=C/C=C(\C=C)c1c2ccccc2c(-c2cccc(Oc3ccc(N(c4ccccc4)c4cccc(P)c4)cc3)c2)c2ccccc12. The molecule has 7 aromatic carbocycles. The first-order valence-corrected chi connectivity index (χ1v) is 16.2. The first kappa shape index (κ1) is 30.0. The minimum absolute atomic E-state index is 0.772. The van der Waals surface area contributed by atoms with Crippen LogP contribution in [0.3, 0.4) is 0 Å². The molecule has 0 heterocycles. The Morgan fingerprint density at radius 2 is 1.15 bits per heavy atom. The number of hydrogen-bond donors (Lipinski definition) is 0. The number of benzene rings is 7. The van der Waals surface area contributed by atoms with Gasteiger partial charge in [0.2, 0.25) is 0 Å². The highest BCUT2D eigenvalue weighted by Crippen LogP contribution is 2.43. The zero-order valence-electron chi connectivity index (χ0n) is 26.0. The van der Waals surface area contributed by atoms with Gasteiger partial charge in [-0.3, -0.25) is 0 Å². The third-order valence-corrected chi connectivity index (χ3v) is 8.69. The van der Waals surface area contributed by atoms with Gasteiger partial charge < -0.3 is 9.64 Å². The third-order valence-electron chi connectivity index (χ3n) is 8.33. The molecule has 226 valence electrons. The summed E-state index contributed by atoms with van der Waals surface area (Å²) in [4.78, 5) is 2.25. The minimum Gasteiger partial charge on any atom is -0.457 e. The van der Waals surface area contributed by atoms with E-state index in [9.17, 15) is 0 Å². The van der Waals surface area contributed by atoms with Crippen molar-refractivity contribution in [1.29, 1.82) is 0 Å². The van der Waals surface area contributed by atoms with Crippen LogP contribution in [0.25, 0.3) is 38.2 Å². The number of hydrogen-bond acceptors (Lipinski definition) is 2. The van der Waals surface area contributed by atoms with Crippen LogP contribution in [0.1, 0.15) is 5.56 Å². The van der Waals surface area contributed by atoms with Gasteiger partial charge in [0.25, 0.3) is 0 Å². The molecule has 7 aromatic rings.